The number of aliphatic hydroxyl groups is 1. The van der Waals surface area contributed by atoms with Crippen LogP contribution in [0.1, 0.15) is 194 Å². The largest absolute Gasteiger partial charge is 0.480 e. The first-order valence-electron chi connectivity index (χ1n) is 21.4. The molecule has 0 aliphatic rings. The fraction of sp³-hybridized carbons (Fsp3) is 0.773. The number of unbranched alkanes of at least 4 members (excludes halogenated alkanes) is 18. The number of rotatable bonds is 38. The molecule has 0 spiro atoms. The number of carboxylic acid groups (broad SMARTS) is 1. The van der Waals surface area contributed by atoms with E-state index < -0.39 is 24.5 Å². The van der Waals surface area contributed by atoms with Crippen LogP contribution in [0.25, 0.3) is 0 Å². The molecule has 0 bridgehead atoms. The molecule has 0 aliphatic carbocycles. The Bertz CT molecular complexity index is 994. The van der Waals surface area contributed by atoms with Gasteiger partial charge in [-0.1, -0.05) is 127 Å². The zero-order valence-electron chi connectivity index (χ0n) is 33.8. The van der Waals surface area contributed by atoms with Gasteiger partial charge in [-0.05, 0) is 89.9 Å². The van der Waals surface area contributed by atoms with E-state index in [0.717, 1.165) is 89.9 Å². The van der Waals surface area contributed by atoms with E-state index in [2.05, 4.69) is 60.9 Å². The van der Waals surface area contributed by atoms with Crippen LogP contribution in [0, 0.1) is 0 Å². The van der Waals surface area contributed by atoms with Gasteiger partial charge >= 0.3 is 11.9 Å². The maximum Gasteiger partial charge on any atom is 0.328 e. The molecule has 0 rings (SSSR count). The third-order valence-corrected chi connectivity index (χ3v) is 9.36. The molecule has 53 heavy (non-hydrogen) atoms. The summed E-state index contributed by atoms with van der Waals surface area (Å²) in [6.45, 7) is 3.43. The molecule has 4 N–H and O–H groups in total. The van der Waals surface area contributed by atoms with Crippen LogP contribution in [0.4, 0.5) is 0 Å². The van der Waals surface area contributed by atoms with Crippen molar-refractivity contribution in [2.45, 2.75) is 206 Å². The number of carboxylic acids is 1. The normalized spacial score (nSPS) is 12.8. The second-order valence-corrected chi connectivity index (χ2v) is 14.4. The first-order chi connectivity index (χ1) is 25.8. The lowest BCUT2D eigenvalue weighted by atomic mass is 10.0. The average molecular weight is 747 g/mol. The van der Waals surface area contributed by atoms with E-state index in [9.17, 15) is 19.2 Å². The van der Waals surface area contributed by atoms with Crippen molar-refractivity contribution in [3.05, 3.63) is 36.5 Å². The highest BCUT2D eigenvalue weighted by Gasteiger charge is 2.19. The molecular weight excluding hydrogens is 668 g/mol. The lowest BCUT2D eigenvalue weighted by Gasteiger charge is -2.18. The molecule has 9 heteroatoms. The minimum atomic E-state index is -1.39. The highest BCUT2D eigenvalue weighted by Crippen LogP contribution is 2.17. The van der Waals surface area contributed by atoms with Crippen molar-refractivity contribution in [3.63, 3.8) is 0 Å². The average Bonchev–Trinajstić information content (AvgIpc) is 3.14. The van der Waals surface area contributed by atoms with E-state index in [-0.39, 0.29) is 30.9 Å². The maximum absolute atomic E-state index is 12.8. The molecule has 0 saturated carbocycles. The molecule has 2 atom stereocenters. The standard InChI is InChI=1S/C44H78N2O7/c1-3-5-7-9-11-13-15-16-17-19-21-23-28-32-36-43(50)53-39(33-29-25-22-20-18-14-12-10-8-6-4-2)34-30-26-24-27-31-35-41(48)45-37-42(49)46-40(38-47)44(51)52/h12,14-16,20,22,39-40,47H,3-11,13,17-19,21,23-38H2,1-2H3,(H,45,48)(H,46,49)(H,51,52)/b14-12-,16-15-,22-20-. The van der Waals surface area contributed by atoms with Crippen LogP contribution < -0.4 is 10.6 Å². The van der Waals surface area contributed by atoms with Crippen molar-refractivity contribution in [2.75, 3.05) is 13.2 Å². The molecule has 2 unspecified atom stereocenters. The van der Waals surface area contributed by atoms with Crippen LogP contribution in [-0.4, -0.2) is 59.3 Å². The van der Waals surface area contributed by atoms with Gasteiger partial charge in [-0.2, -0.15) is 0 Å². The molecule has 0 saturated heterocycles. The zero-order valence-corrected chi connectivity index (χ0v) is 33.8. The highest BCUT2D eigenvalue weighted by atomic mass is 16.5. The lowest BCUT2D eigenvalue weighted by molar-refractivity contribution is -0.150. The smallest absolute Gasteiger partial charge is 0.328 e. The second kappa shape index (κ2) is 38.8. The van der Waals surface area contributed by atoms with Gasteiger partial charge in [-0.25, -0.2) is 4.79 Å². The summed E-state index contributed by atoms with van der Waals surface area (Å²) in [6.07, 6.45) is 43.1. The number of esters is 1. The molecule has 0 radical (unpaired) electrons. The Morgan fingerprint density at radius 2 is 1.04 bits per heavy atom. The zero-order chi connectivity index (χ0) is 39.0. The molecule has 2 amide bonds. The number of hydrogen-bond donors (Lipinski definition) is 4. The van der Waals surface area contributed by atoms with E-state index in [1.54, 1.807) is 0 Å². The van der Waals surface area contributed by atoms with Crippen molar-refractivity contribution in [3.8, 4) is 0 Å². The number of aliphatic carboxylic acids is 1. The molecule has 306 valence electrons. The van der Waals surface area contributed by atoms with E-state index in [1.165, 1.54) is 70.6 Å². The molecule has 0 fully saturated rings. The first kappa shape index (κ1) is 50.1. The number of nitrogens with one attached hydrogen (secondary N) is 2. The maximum atomic E-state index is 12.8. The molecule has 0 aliphatic heterocycles. The third-order valence-electron chi connectivity index (χ3n) is 9.36. The first-order valence-corrected chi connectivity index (χ1v) is 21.4. The van der Waals surface area contributed by atoms with Gasteiger partial charge in [0, 0.05) is 12.8 Å². The van der Waals surface area contributed by atoms with Gasteiger partial charge in [0.05, 0.1) is 13.2 Å². The van der Waals surface area contributed by atoms with Crippen LogP contribution in [0.3, 0.4) is 0 Å². The van der Waals surface area contributed by atoms with Crippen LogP contribution in [0.2, 0.25) is 0 Å². The summed E-state index contributed by atoms with van der Waals surface area (Å²) >= 11 is 0. The summed E-state index contributed by atoms with van der Waals surface area (Å²) in [5.41, 5.74) is 0. The van der Waals surface area contributed by atoms with Crippen molar-refractivity contribution >= 4 is 23.8 Å². The predicted octanol–water partition coefficient (Wildman–Crippen LogP) is 10.2. The Hall–Kier alpha value is -2.94. The van der Waals surface area contributed by atoms with Gasteiger partial charge in [0.25, 0.3) is 0 Å². The minimum Gasteiger partial charge on any atom is -0.480 e. The summed E-state index contributed by atoms with van der Waals surface area (Å²) in [4.78, 5) is 47.5. The Balaban J connectivity index is 4.36. The number of carbonyl (C=O) groups excluding carboxylic acids is 3. The Morgan fingerprint density at radius 1 is 0.566 bits per heavy atom. The molecular formula is C44H78N2O7. The number of allylic oxidation sites excluding steroid dienone is 6. The number of aliphatic hydroxyl groups excluding tert-OH is 1. The van der Waals surface area contributed by atoms with Crippen LogP contribution >= 0.6 is 0 Å². The fourth-order valence-electron chi connectivity index (χ4n) is 6.04. The number of carbonyl (C=O) groups is 4. The van der Waals surface area contributed by atoms with E-state index in [0.29, 0.717) is 12.8 Å². The Kier molecular flexibility index (Phi) is 36.6. The van der Waals surface area contributed by atoms with Crippen molar-refractivity contribution in [1.82, 2.24) is 10.6 Å². The van der Waals surface area contributed by atoms with Crippen LogP contribution in [0.5, 0.6) is 0 Å². The minimum absolute atomic E-state index is 0.0590. The Labute approximate surface area is 323 Å². The summed E-state index contributed by atoms with van der Waals surface area (Å²) < 4.78 is 5.99. The van der Waals surface area contributed by atoms with Gasteiger partial charge in [-0.3, -0.25) is 14.4 Å². The topological polar surface area (TPSA) is 142 Å². The summed E-state index contributed by atoms with van der Waals surface area (Å²) in [7, 11) is 0. The van der Waals surface area contributed by atoms with Crippen LogP contribution in [0.15, 0.2) is 36.5 Å². The number of ether oxygens (including phenoxy) is 1. The van der Waals surface area contributed by atoms with E-state index >= 15 is 0 Å². The Morgan fingerprint density at radius 3 is 1.64 bits per heavy atom. The van der Waals surface area contributed by atoms with Gasteiger partial charge in [0.15, 0.2) is 0 Å². The number of hydrogen-bond acceptors (Lipinski definition) is 6. The monoisotopic (exact) mass is 747 g/mol. The van der Waals surface area contributed by atoms with Crippen molar-refractivity contribution in [1.29, 1.82) is 0 Å². The summed E-state index contributed by atoms with van der Waals surface area (Å²) in [5.74, 6) is -2.33. The van der Waals surface area contributed by atoms with Gasteiger partial charge in [0.1, 0.15) is 12.1 Å². The summed E-state index contributed by atoms with van der Waals surface area (Å²) in [5, 5.41) is 22.5. The van der Waals surface area contributed by atoms with Crippen molar-refractivity contribution in [2.24, 2.45) is 0 Å². The van der Waals surface area contributed by atoms with Gasteiger partial charge < -0.3 is 25.6 Å². The van der Waals surface area contributed by atoms with E-state index in [1.807, 2.05) is 0 Å². The second-order valence-electron chi connectivity index (χ2n) is 14.4. The summed E-state index contributed by atoms with van der Waals surface area (Å²) in [6, 6.07) is -1.39. The third kappa shape index (κ3) is 35.8. The highest BCUT2D eigenvalue weighted by molar-refractivity contribution is 5.87. The molecule has 9 nitrogen and oxygen atoms in total. The van der Waals surface area contributed by atoms with E-state index in [4.69, 9.17) is 14.9 Å². The number of amides is 2. The molecule has 0 aromatic heterocycles. The van der Waals surface area contributed by atoms with Gasteiger partial charge in [-0.15, -0.1) is 0 Å². The quantitative estimate of drug-likeness (QED) is 0.0280. The van der Waals surface area contributed by atoms with Crippen LogP contribution in [-0.2, 0) is 23.9 Å². The fourth-order valence-corrected chi connectivity index (χ4v) is 6.04. The molecule has 0 aromatic rings. The molecule has 0 heterocycles. The SMILES string of the molecule is CCCCC/C=C\C/C=C\CCCC(CCCCCCCC(=O)NCC(=O)NC(CO)C(=O)O)OC(=O)CCCCCCC/C=C\CCCCCCC. The lowest BCUT2D eigenvalue weighted by Crippen LogP contribution is -2.47. The van der Waals surface area contributed by atoms with Gasteiger partial charge in [0.2, 0.25) is 11.8 Å². The predicted molar refractivity (Wildman–Crippen MR) is 218 cm³/mol. The van der Waals surface area contributed by atoms with Crippen molar-refractivity contribution < 1.29 is 34.1 Å². The molecule has 0 aromatic carbocycles.